The molecule has 1 aliphatic rings. The number of esters is 1. The van der Waals surface area contributed by atoms with Gasteiger partial charge in [0.05, 0.1) is 19.8 Å². The summed E-state index contributed by atoms with van der Waals surface area (Å²) in [5, 5.41) is 0. The molecule has 6 nitrogen and oxygen atoms in total. The lowest BCUT2D eigenvalue weighted by atomic mass is 10.1. The zero-order chi connectivity index (χ0) is 17.8. The Bertz CT molecular complexity index is 853. The van der Waals surface area contributed by atoms with Crippen LogP contribution in [0.1, 0.15) is 15.9 Å². The number of hydrogen-bond acceptors (Lipinski definition) is 6. The number of carbonyl (C=O) groups excluding carboxylic acids is 2. The summed E-state index contributed by atoms with van der Waals surface area (Å²) in [7, 11) is 2.86. The molecule has 25 heavy (non-hydrogen) atoms. The molecule has 128 valence electrons. The van der Waals surface area contributed by atoms with Crippen LogP contribution in [-0.4, -0.2) is 32.6 Å². The number of carbonyl (C=O) groups is 2. The molecule has 0 aliphatic carbocycles. The fraction of sp³-hybridized carbons (Fsp3) is 0.158. The van der Waals surface area contributed by atoms with Crippen LogP contribution in [0, 0.1) is 0 Å². The molecule has 0 bridgehead atoms. The highest BCUT2D eigenvalue weighted by atomic mass is 16.6. The van der Waals surface area contributed by atoms with Gasteiger partial charge in [-0.05, 0) is 35.9 Å². The average Bonchev–Trinajstić information content (AvgIpc) is 2.95. The minimum Gasteiger partial charge on any atom is -0.497 e. The van der Waals surface area contributed by atoms with Crippen LogP contribution < -0.4 is 14.2 Å². The number of methoxy groups -OCH3 is 2. The van der Waals surface area contributed by atoms with Crippen LogP contribution in [0.5, 0.6) is 17.2 Å². The van der Waals surface area contributed by atoms with Gasteiger partial charge in [-0.1, -0.05) is 12.1 Å². The van der Waals surface area contributed by atoms with E-state index in [9.17, 15) is 9.59 Å². The van der Waals surface area contributed by atoms with Crippen molar-refractivity contribution in [2.75, 3.05) is 20.8 Å². The fourth-order valence-corrected chi connectivity index (χ4v) is 2.34. The molecule has 0 saturated carbocycles. The SMILES string of the molecule is COC(=O)COc1ccc2c(c1)O/C(=C\c1cccc(OC)c1)C2=O. The van der Waals surface area contributed by atoms with E-state index in [2.05, 4.69) is 4.74 Å². The van der Waals surface area contributed by atoms with E-state index in [-0.39, 0.29) is 18.1 Å². The molecule has 0 atom stereocenters. The smallest absolute Gasteiger partial charge is 0.343 e. The standard InChI is InChI=1S/C19H16O6/c1-22-13-5-3-4-12(8-13)9-17-19(21)15-7-6-14(10-16(15)25-17)24-11-18(20)23-2/h3-10H,11H2,1-2H3/b17-9-. The molecular formula is C19H16O6. The van der Waals surface area contributed by atoms with Crippen molar-refractivity contribution < 1.29 is 28.5 Å². The molecule has 3 rings (SSSR count). The van der Waals surface area contributed by atoms with Crippen molar-refractivity contribution in [3.8, 4) is 17.2 Å². The molecule has 0 N–H and O–H groups in total. The van der Waals surface area contributed by atoms with E-state index in [1.807, 2.05) is 18.2 Å². The number of fused-ring (bicyclic) bond motifs is 1. The van der Waals surface area contributed by atoms with Crippen LogP contribution in [0.4, 0.5) is 0 Å². The topological polar surface area (TPSA) is 71.1 Å². The predicted octanol–water partition coefficient (Wildman–Crippen LogP) is 2.86. The van der Waals surface area contributed by atoms with Gasteiger partial charge in [-0.25, -0.2) is 4.79 Å². The third-order valence-corrected chi connectivity index (χ3v) is 3.62. The van der Waals surface area contributed by atoms with E-state index >= 15 is 0 Å². The molecule has 0 aromatic heterocycles. The lowest BCUT2D eigenvalue weighted by Crippen LogP contribution is -2.12. The lowest BCUT2D eigenvalue weighted by Gasteiger charge is -2.05. The van der Waals surface area contributed by atoms with Crippen molar-refractivity contribution in [2.45, 2.75) is 0 Å². The van der Waals surface area contributed by atoms with Gasteiger partial charge in [0.1, 0.15) is 17.2 Å². The second-order valence-corrected chi connectivity index (χ2v) is 5.24. The molecule has 1 heterocycles. The normalized spacial score (nSPS) is 14.0. The lowest BCUT2D eigenvalue weighted by molar-refractivity contribution is -0.142. The Balaban J connectivity index is 1.80. The molecule has 2 aromatic rings. The first-order valence-electron chi connectivity index (χ1n) is 7.52. The number of ketones is 1. The molecular weight excluding hydrogens is 324 g/mol. The monoisotopic (exact) mass is 340 g/mol. The maximum atomic E-state index is 12.4. The molecule has 0 amide bonds. The van der Waals surface area contributed by atoms with Crippen LogP contribution >= 0.6 is 0 Å². The van der Waals surface area contributed by atoms with Crippen LogP contribution in [-0.2, 0) is 9.53 Å². The number of rotatable bonds is 5. The molecule has 2 aromatic carbocycles. The summed E-state index contributed by atoms with van der Waals surface area (Å²) in [6.07, 6.45) is 1.65. The number of allylic oxidation sites excluding steroid dienone is 1. The minimum atomic E-state index is -0.490. The first-order valence-corrected chi connectivity index (χ1v) is 7.52. The second-order valence-electron chi connectivity index (χ2n) is 5.24. The quantitative estimate of drug-likeness (QED) is 0.616. The summed E-state index contributed by atoms with van der Waals surface area (Å²) in [6, 6.07) is 12.1. The third kappa shape index (κ3) is 3.63. The number of ether oxygens (including phenoxy) is 4. The number of hydrogen-bond donors (Lipinski definition) is 0. The summed E-state index contributed by atoms with van der Waals surface area (Å²) in [4.78, 5) is 23.6. The molecule has 0 saturated heterocycles. The highest BCUT2D eigenvalue weighted by molar-refractivity contribution is 6.14. The molecule has 0 unspecified atom stereocenters. The van der Waals surface area contributed by atoms with E-state index in [1.54, 1.807) is 37.5 Å². The van der Waals surface area contributed by atoms with Gasteiger partial charge < -0.3 is 18.9 Å². The van der Waals surface area contributed by atoms with Gasteiger partial charge in [0.2, 0.25) is 5.78 Å². The summed E-state index contributed by atoms with van der Waals surface area (Å²) in [5.41, 5.74) is 1.23. The Labute approximate surface area is 144 Å². The summed E-state index contributed by atoms with van der Waals surface area (Å²) in [6.45, 7) is -0.213. The zero-order valence-corrected chi connectivity index (χ0v) is 13.8. The van der Waals surface area contributed by atoms with Crippen LogP contribution in [0.25, 0.3) is 6.08 Å². The van der Waals surface area contributed by atoms with Gasteiger partial charge in [-0.2, -0.15) is 0 Å². The van der Waals surface area contributed by atoms with Crippen molar-refractivity contribution in [1.29, 1.82) is 0 Å². The largest absolute Gasteiger partial charge is 0.497 e. The van der Waals surface area contributed by atoms with Crippen molar-refractivity contribution in [1.82, 2.24) is 0 Å². The Morgan fingerprint density at radius 1 is 1.12 bits per heavy atom. The molecule has 0 radical (unpaired) electrons. The van der Waals surface area contributed by atoms with E-state index in [0.29, 0.717) is 22.8 Å². The molecule has 6 heteroatoms. The Morgan fingerprint density at radius 3 is 2.72 bits per heavy atom. The van der Waals surface area contributed by atoms with Crippen LogP contribution in [0.3, 0.4) is 0 Å². The van der Waals surface area contributed by atoms with Crippen molar-refractivity contribution >= 4 is 17.8 Å². The Hall–Kier alpha value is -3.28. The minimum absolute atomic E-state index is 0.211. The Kier molecular flexibility index (Phi) is 4.70. The van der Waals surface area contributed by atoms with Gasteiger partial charge in [0.25, 0.3) is 0 Å². The van der Waals surface area contributed by atoms with Gasteiger partial charge in [-0.3, -0.25) is 4.79 Å². The summed E-state index contributed by atoms with van der Waals surface area (Å²) < 4.78 is 20.6. The molecule has 1 aliphatic heterocycles. The second kappa shape index (κ2) is 7.09. The van der Waals surface area contributed by atoms with Crippen molar-refractivity contribution in [3.63, 3.8) is 0 Å². The van der Waals surface area contributed by atoms with Crippen LogP contribution in [0.2, 0.25) is 0 Å². The van der Waals surface area contributed by atoms with Crippen molar-refractivity contribution in [2.24, 2.45) is 0 Å². The first-order chi connectivity index (χ1) is 12.1. The van der Waals surface area contributed by atoms with Gasteiger partial charge in [0, 0.05) is 6.07 Å². The summed E-state index contributed by atoms with van der Waals surface area (Å²) >= 11 is 0. The van der Waals surface area contributed by atoms with Gasteiger partial charge in [-0.15, -0.1) is 0 Å². The van der Waals surface area contributed by atoms with E-state index in [0.717, 1.165) is 5.56 Å². The van der Waals surface area contributed by atoms with Crippen LogP contribution in [0.15, 0.2) is 48.2 Å². The molecule has 0 fully saturated rings. The third-order valence-electron chi connectivity index (χ3n) is 3.62. The number of Topliss-reactive ketones (excluding diaryl/α,β-unsaturated/α-hetero) is 1. The van der Waals surface area contributed by atoms with Crippen molar-refractivity contribution in [3.05, 3.63) is 59.4 Å². The van der Waals surface area contributed by atoms with E-state index in [4.69, 9.17) is 14.2 Å². The summed E-state index contributed by atoms with van der Waals surface area (Å²) in [5.74, 6) is 1.01. The average molecular weight is 340 g/mol. The van der Waals surface area contributed by atoms with E-state index in [1.165, 1.54) is 7.11 Å². The van der Waals surface area contributed by atoms with Gasteiger partial charge >= 0.3 is 5.97 Å². The molecule has 0 spiro atoms. The predicted molar refractivity (Wildman–Crippen MR) is 89.9 cm³/mol. The number of benzene rings is 2. The zero-order valence-electron chi connectivity index (χ0n) is 13.8. The fourth-order valence-electron chi connectivity index (χ4n) is 2.34. The van der Waals surface area contributed by atoms with E-state index < -0.39 is 5.97 Å². The maximum Gasteiger partial charge on any atom is 0.343 e. The maximum absolute atomic E-state index is 12.4. The Morgan fingerprint density at radius 2 is 1.96 bits per heavy atom. The van der Waals surface area contributed by atoms with Gasteiger partial charge in [0.15, 0.2) is 12.4 Å². The highest BCUT2D eigenvalue weighted by Gasteiger charge is 2.27. The highest BCUT2D eigenvalue weighted by Crippen LogP contribution is 2.35. The first kappa shape index (κ1) is 16.6.